The van der Waals surface area contributed by atoms with Gasteiger partial charge in [0, 0.05) is 17.8 Å². The molecule has 1 spiro atoms. The molecular formula is C24H25ClN2O5S. The van der Waals surface area contributed by atoms with E-state index >= 15 is 0 Å². The fraction of sp³-hybridized carbons (Fsp3) is 0.458. The zero-order valence-corrected chi connectivity index (χ0v) is 19.9. The first-order valence-electron chi connectivity index (χ1n) is 11.0. The number of esters is 1. The predicted molar refractivity (Wildman–Crippen MR) is 126 cm³/mol. The second kappa shape index (κ2) is 7.89. The molecule has 1 aromatic rings. The molecule has 1 N–H and O–H groups in total. The summed E-state index contributed by atoms with van der Waals surface area (Å²) in [5.74, 6) is -2.51. The maximum atomic E-state index is 14.2. The second-order valence-electron chi connectivity index (χ2n) is 9.04. The molecule has 0 bridgehead atoms. The number of β-amino-alcohol motifs (C(OH)–C–C–N with tert-alkyl or cyclic N) is 1. The van der Waals surface area contributed by atoms with Crippen molar-refractivity contribution in [3.8, 4) is 0 Å². The van der Waals surface area contributed by atoms with E-state index in [0.717, 1.165) is 5.56 Å². The Morgan fingerprint density at radius 3 is 2.70 bits per heavy atom. The summed E-state index contributed by atoms with van der Waals surface area (Å²) in [5, 5.41) is 10.2. The minimum atomic E-state index is -0.965. The molecule has 2 fully saturated rings. The number of likely N-dealkylation sites (tertiary alicyclic amines) is 1. The number of halogens is 1. The van der Waals surface area contributed by atoms with Crippen LogP contribution in [0.3, 0.4) is 0 Å². The van der Waals surface area contributed by atoms with Crippen LogP contribution < -0.4 is 4.90 Å². The standard InChI is InChI=1S/C24H25ClN2O5S/c1-14-6-3-7-15(25)18(14)26-10-4-9-24-16(20(29)27(11-12-28)19(24)21(26)30)17-22(31)32-13-5-8-23(17,2)33-24/h3-9,16-17,19,28H,10-13H2,1-2H3/t16-,17+,19?,23-,24-/m0/s1. The Hall–Kier alpha value is -2.29. The van der Waals surface area contributed by atoms with Gasteiger partial charge in [-0.2, -0.15) is 0 Å². The molecule has 1 aromatic carbocycles. The van der Waals surface area contributed by atoms with Crippen molar-refractivity contribution in [2.45, 2.75) is 29.4 Å². The van der Waals surface area contributed by atoms with Crippen molar-refractivity contribution < 1.29 is 24.2 Å². The first-order chi connectivity index (χ1) is 15.7. The topological polar surface area (TPSA) is 87.2 Å². The van der Waals surface area contributed by atoms with Gasteiger partial charge < -0.3 is 19.6 Å². The van der Waals surface area contributed by atoms with E-state index in [2.05, 4.69) is 0 Å². The Kier molecular flexibility index (Phi) is 5.38. The lowest BCUT2D eigenvalue weighted by Crippen LogP contribution is -2.54. The van der Waals surface area contributed by atoms with Crippen LogP contribution in [0.25, 0.3) is 0 Å². The average Bonchev–Trinajstić information content (AvgIpc) is 3.01. The summed E-state index contributed by atoms with van der Waals surface area (Å²) in [4.78, 5) is 44.0. The molecule has 0 saturated carbocycles. The Morgan fingerprint density at radius 2 is 1.97 bits per heavy atom. The monoisotopic (exact) mass is 488 g/mol. The maximum Gasteiger partial charge on any atom is 0.311 e. The Labute approximate surface area is 201 Å². The molecule has 0 aromatic heterocycles. The third-order valence-corrected chi connectivity index (χ3v) is 9.21. The van der Waals surface area contributed by atoms with Gasteiger partial charge in [0.2, 0.25) is 5.91 Å². The summed E-state index contributed by atoms with van der Waals surface area (Å²) in [6, 6.07) is 4.57. The molecule has 0 radical (unpaired) electrons. The molecule has 4 aliphatic rings. The molecule has 9 heteroatoms. The molecule has 174 valence electrons. The summed E-state index contributed by atoms with van der Waals surface area (Å²) in [7, 11) is 0. The molecule has 1 unspecified atom stereocenters. The summed E-state index contributed by atoms with van der Waals surface area (Å²) in [6.45, 7) is 3.99. The molecule has 2 saturated heterocycles. The van der Waals surface area contributed by atoms with Crippen molar-refractivity contribution in [3.63, 3.8) is 0 Å². The van der Waals surface area contributed by atoms with Crippen molar-refractivity contribution in [3.05, 3.63) is 53.1 Å². The predicted octanol–water partition coefficient (Wildman–Crippen LogP) is 2.34. The normalized spacial score (nSPS) is 35.2. The smallest absolute Gasteiger partial charge is 0.311 e. The fourth-order valence-corrected chi connectivity index (χ4v) is 8.35. The number of benzene rings is 1. The quantitative estimate of drug-likeness (QED) is 0.519. The van der Waals surface area contributed by atoms with Crippen molar-refractivity contribution >= 4 is 46.8 Å². The van der Waals surface area contributed by atoms with Gasteiger partial charge >= 0.3 is 5.97 Å². The minimum absolute atomic E-state index is 0.00551. The first kappa shape index (κ1) is 22.5. The third kappa shape index (κ3) is 3.11. The van der Waals surface area contributed by atoms with E-state index in [9.17, 15) is 19.5 Å². The molecule has 2 amide bonds. The van der Waals surface area contributed by atoms with Crippen molar-refractivity contribution in [2.24, 2.45) is 11.8 Å². The Morgan fingerprint density at radius 1 is 1.18 bits per heavy atom. The van der Waals surface area contributed by atoms with E-state index in [1.165, 1.54) is 16.7 Å². The molecule has 4 heterocycles. The van der Waals surface area contributed by atoms with Gasteiger partial charge in [-0.05, 0) is 31.6 Å². The van der Waals surface area contributed by atoms with Gasteiger partial charge in [0.05, 0.1) is 33.9 Å². The van der Waals surface area contributed by atoms with E-state index < -0.39 is 33.3 Å². The zero-order valence-electron chi connectivity index (χ0n) is 18.4. The number of hydrogen-bond donors (Lipinski definition) is 1. The van der Waals surface area contributed by atoms with Crippen LogP contribution in [0.4, 0.5) is 5.69 Å². The number of para-hydroxylation sites is 1. The van der Waals surface area contributed by atoms with Gasteiger partial charge in [-0.3, -0.25) is 14.4 Å². The molecular weight excluding hydrogens is 464 g/mol. The van der Waals surface area contributed by atoms with Crippen LogP contribution in [0, 0.1) is 18.8 Å². The number of fused-ring (bicyclic) bond motifs is 2. The number of cyclic esters (lactones) is 1. The summed E-state index contributed by atoms with van der Waals surface area (Å²) in [6.07, 6.45) is 7.54. The number of ether oxygens (including phenoxy) is 1. The number of rotatable bonds is 3. The van der Waals surface area contributed by atoms with Crippen LogP contribution >= 0.6 is 23.4 Å². The highest BCUT2D eigenvalue weighted by Crippen LogP contribution is 2.65. The van der Waals surface area contributed by atoms with E-state index in [-0.39, 0.29) is 38.1 Å². The lowest BCUT2D eigenvalue weighted by atomic mass is 9.75. The van der Waals surface area contributed by atoms with E-state index in [0.29, 0.717) is 10.7 Å². The summed E-state index contributed by atoms with van der Waals surface area (Å²) >= 11 is 7.98. The summed E-state index contributed by atoms with van der Waals surface area (Å²) in [5.41, 5.74) is 1.45. The number of thioether (sulfide) groups is 1. The first-order valence-corrected chi connectivity index (χ1v) is 12.1. The van der Waals surface area contributed by atoms with Gasteiger partial charge in [-0.1, -0.05) is 42.0 Å². The highest BCUT2D eigenvalue weighted by molar-refractivity contribution is 8.02. The number of aryl methyl sites for hydroxylation is 1. The van der Waals surface area contributed by atoms with Crippen LogP contribution in [0.5, 0.6) is 0 Å². The van der Waals surface area contributed by atoms with Gasteiger partial charge in [-0.15, -0.1) is 11.8 Å². The van der Waals surface area contributed by atoms with E-state index in [1.54, 1.807) is 17.0 Å². The lowest BCUT2D eigenvalue weighted by Gasteiger charge is -2.36. The van der Waals surface area contributed by atoms with Gasteiger partial charge in [0.15, 0.2) is 0 Å². The highest BCUT2D eigenvalue weighted by atomic mass is 35.5. The minimum Gasteiger partial charge on any atom is -0.461 e. The van der Waals surface area contributed by atoms with Crippen molar-refractivity contribution in [2.75, 3.05) is 31.2 Å². The van der Waals surface area contributed by atoms with Crippen LogP contribution in [0.1, 0.15) is 12.5 Å². The lowest BCUT2D eigenvalue weighted by molar-refractivity contribution is -0.152. The highest BCUT2D eigenvalue weighted by Gasteiger charge is 2.74. The number of aliphatic hydroxyl groups is 1. The second-order valence-corrected chi connectivity index (χ2v) is 11.2. The number of aliphatic hydroxyl groups excluding tert-OH is 1. The van der Waals surface area contributed by atoms with Crippen LogP contribution in [0.2, 0.25) is 5.02 Å². The number of amides is 2. The van der Waals surface area contributed by atoms with E-state index in [1.807, 2.05) is 44.2 Å². The van der Waals surface area contributed by atoms with Crippen LogP contribution in [-0.2, 0) is 19.1 Å². The number of carbonyl (C=O) groups excluding carboxylic acids is 3. The van der Waals surface area contributed by atoms with Gasteiger partial charge in [0.25, 0.3) is 5.91 Å². The fourth-order valence-electron chi connectivity index (χ4n) is 5.87. The SMILES string of the molecule is Cc1cccc(Cl)c1N1CC=C[C@]23S[C@@]4(C)C=CCOC(=O)[C@H]4[C@H]2C(=O)N(CCO)C3C1=O. The van der Waals surface area contributed by atoms with Crippen molar-refractivity contribution in [1.29, 1.82) is 0 Å². The molecule has 33 heavy (non-hydrogen) atoms. The van der Waals surface area contributed by atoms with Gasteiger partial charge in [-0.25, -0.2) is 0 Å². The third-order valence-electron chi connectivity index (χ3n) is 7.11. The summed E-state index contributed by atoms with van der Waals surface area (Å²) < 4.78 is 3.73. The Balaban J connectivity index is 1.68. The average molecular weight is 489 g/mol. The molecule has 7 nitrogen and oxygen atoms in total. The van der Waals surface area contributed by atoms with Gasteiger partial charge in [0.1, 0.15) is 12.6 Å². The number of anilines is 1. The van der Waals surface area contributed by atoms with Crippen LogP contribution in [-0.4, -0.2) is 69.6 Å². The number of nitrogens with zero attached hydrogens (tertiary/aromatic N) is 2. The number of carbonyl (C=O) groups is 3. The van der Waals surface area contributed by atoms with Crippen LogP contribution in [0.15, 0.2) is 42.5 Å². The zero-order chi connectivity index (χ0) is 23.5. The molecule has 0 aliphatic carbocycles. The molecule has 5 rings (SSSR count). The van der Waals surface area contributed by atoms with Crippen molar-refractivity contribution in [1.82, 2.24) is 4.90 Å². The largest absolute Gasteiger partial charge is 0.461 e. The number of hydrogen-bond acceptors (Lipinski definition) is 6. The Bertz CT molecular complexity index is 1090. The maximum absolute atomic E-state index is 14.2. The van der Waals surface area contributed by atoms with E-state index in [4.69, 9.17) is 16.3 Å². The molecule has 5 atom stereocenters. The molecule has 4 aliphatic heterocycles.